The van der Waals surface area contributed by atoms with Gasteiger partial charge in [-0.25, -0.2) is 9.37 Å². The zero-order valence-corrected chi connectivity index (χ0v) is 23.3. The number of halogens is 1. The number of hydrogen-bond acceptors (Lipinski definition) is 6. The average Bonchev–Trinajstić information content (AvgIpc) is 3.23. The summed E-state index contributed by atoms with van der Waals surface area (Å²) in [5, 5.41) is 0.885. The number of aryl methyl sites for hydroxylation is 3. The minimum Gasteiger partial charge on any atom is -0.493 e. The summed E-state index contributed by atoms with van der Waals surface area (Å²) < 4.78 is 25.5. The van der Waals surface area contributed by atoms with Gasteiger partial charge in [-0.3, -0.25) is 9.78 Å². The predicted octanol–water partition coefficient (Wildman–Crippen LogP) is 7.52. The molecule has 0 radical (unpaired) electrons. The third kappa shape index (κ3) is 7.25. The smallest absolute Gasteiger partial charge is 0.306 e. The van der Waals surface area contributed by atoms with E-state index in [2.05, 4.69) is 11.9 Å². The largest absolute Gasteiger partial charge is 0.493 e. The standard InChI is InChI=1S/C31H33FN2O3S/c1-20-18-24(13-10-22(20)12-15-29(35)37-31(3,4)5)36-17-16-27-21(2)38-30(34-27)23-11-14-28(33-19-23)25-8-6-7-9-26(25)32/h6-11,13-14,18-19H,12,15-17H2,1-5H3. The Labute approximate surface area is 227 Å². The zero-order valence-electron chi connectivity index (χ0n) is 22.5. The number of carbonyl (C=O) groups excluding carboxylic acids is 1. The topological polar surface area (TPSA) is 61.3 Å². The van der Waals surface area contributed by atoms with E-state index < -0.39 is 5.60 Å². The molecule has 2 aromatic heterocycles. The zero-order chi connectivity index (χ0) is 27.3. The number of hydrogen-bond donors (Lipinski definition) is 0. The molecule has 7 heteroatoms. The van der Waals surface area contributed by atoms with Gasteiger partial charge in [0.05, 0.1) is 18.0 Å². The molecule has 0 amide bonds. The van der Waals surface area contributed by atoms with Crippen LogP contribution in [0.3, 0.4) is 0 Å². The van der Waals surface area contributed by atoms with Gasteiger partial charge in [-0.2, -0.15) is 0 Å². The first kappa shape index (κ1) is 27.5. The molecule has 2 heterocycles. The monoisotopic (exact) mass is 532 g/mol. The average molecular weight is 533 g/mol. The first-order valence-electron chi connectivity index (χ1n) is 12.7. The number of carbonyl (C=O) groups is 1. The molecule has 0 unspecified atom stereocenters. The van der Waals surface area contributed by atoms with Crippen molar-refractivity contribution in [3.8, 4) is 27.6 Å². The van der Waals surface area contributed by atoms with E-state index in [4.69, 9.17) is 14.5 Å². The molecule has 0 saturated heterocycles. The number of nitrogens with zero attached hydrogens (tertiary/aromatic N) is 2. The van der Waals surface area contributed by atoms with Crippen LogP contribution in [0.4, 0.5) is 4.39 Å². The summed E-state index contributed by atoms with van der Waals surface area (Å²) in [7, 11) is 0. The highest BCUT2D eigenvalue weighted by atomic mass is 32.1. The number of thiazole rings is 1. The Balaban J connectivity index is 1.32. The fraction of sp³-hybridized carbons (Fsp3) is 0.323. The molecule has 2 aromatic carbocycles. The number of rotatable bonds is 9. The van der Waals surface area contributed by atoms with Crippen molar-refractivity contribution in [1.82, 2.24) is 9.97 Å². The van der Waals surface area contributed by atoms with Gasteiger partial charge in [0.2, 0.25) is 0 Å². The number of pyridine rings is 1. The van der Waals surface area contributed by atoms with Crippen molar-refractivity contribution in [2.24, 2.45) is 0 Å². The minimum atomic E-state index is -0.467. The van der Waals surface area contributed by atoms with E-state index in [0.29, 0.717) is 37.1 Å². The predicted molar refractivity (Wildman–Crippen MR) is 150 cm³/mol. The lowest BCUT2D eigenvalue weighted by atomic mass is 10.0. The summed E-state index contributed by atoms with van der Waals surface area (Å²) in [4.78, 5) is 22.4. The van der Waals surface area contributed by atoms with Crippen molar-refractivity contribution in [2.75, 3.05) is 6.61 Å². The van der Waals surface area contributed by atoms with Crippen LogP contribution >= 0.6 is 11.3 Å². The maximum atomic E-state index is 14.1. The molecule has 38 heavy (non-hydrogen) atoms. The van der Waals surface area contributed by atoms with Gasteiger partial charge < -0.3 is 9.47 Å². The number of benzene rings is 2. The lowest BCUT2D eigenvalue weighted by Crippen LogP contribution is -2.24. The van der Waals surface area contributed by atoms with Crippen LogP contribution in [0.2, 0.25) is 0 Å². The van der Waals surface area contributed by atoms with E-state index in [1.54, 1.807) is 35.7 Å². The molecule has 4 rings (SSSR count). The molecular formula is C31H33FN2O3S. The molecule has 0 aliphatic heterocycles. The maximum absolute atomic E-state index is 14.1. The second-order valence-corrected chi connectivity index (χ2v) is 11.4. The van der Waals surface area contributed by atoms with Crippen LogP contribution in [0, 0.1) is 19.7 Å². The molecule has 0 bridgehead atoms. The summed E-state index contributed by atoms with van der Waals surface area (Å²) in [6.45, 7) is 10.2. The normalized spacial score (nSPS) is 11.4. The molecule has 4 aromatic rings. The quantitative estimate of drug-likeness (QED) is 0.209. The summed E-state index contributed by atoms with van der Waals surface area (Å²) in [6.07, 6.45) is 3.42. The maximum Gasteiger partial charge on any atom is 0.306 e. The van der Waals surface area contributed by atoms with Crippen molar-refractivity contribution < 1.29 is 18.7 Å². The first-order chi connectivity index (χ1) is 18.1. The first-order valence-corrected chi connectivity index (χ1v) is 13.5. The Morgan fingerprint density at radius 3 is 2.50 bits per heavy atom. The van der Waals surface area contributed by atoms with Crippen molar-refractivity contribution in [2.45, 2.75) is 59.5 Å². The van der Waals surface area contributed by atoms with E-state index in [0.717, 1.165) is 38.0 Å². The van der Waals surface area contributed by atoms with Crippen LogP contribution in [0.5, 0.6) is 5.75 Å². The third-order valence-electron chi connectivity index (χ3n) is 5.99. The highest BCUT2D eigenvalue weighted by Crippen LogP contribution is 2.29. The molecule has 0 atom stereocenters. The van der Waals surface area contributed by atoms with E-state index in [1.165, 1.54) is 6.07 Å². The Morgan fingerprint density at radius 1 is 1.03 bits per heavy atom. The Bertz CT molecular complexity index is 1410. The second kappa shape index (κ2) is 11.9. The van der Waals surface area contributed by atoms with Crippen LogP contribution in [0.1, 0.15) is 48.9 Å². The summed E-state index contributed by atoms with van der Waals surface area (Å²) in [5.74, 6) is 0.322. The van der Waals surface area contributed by atoms with Gasteiger partial charge in [0.1, 0.15) is 22.2 Å². The lowest BCUT2D eigenvalue weighted by Gasteiger charge is -2.19. The lowest BCUT2D eigenvalue weighted by molar-refractivity contribution is -0.154. The summed E-state index contributed by atoms with van der Waals surface area (Å²) >= 11 is 1.62. The molecule has 0 spiro atoms. The molecule has 0 aliphatic carbocycles. The SMILES string of the molecule is Cc1cc(OCCc2nc(-c3ccc(-c4ccccc4F)nc3)sc2C)ccc1CCC(=O)OC(C)(C)C. The van der Waals surface area contributed by atoms with Gasteiger partial charge in [-0.1, -0.05) is 18.2 Å². The third-order valence-corrected chi connectivity index (χ3v) is 7.06. The van der Waals surface area contributed by atoms with Gasteiger partial charge in [-0.15, -0.1) is 11.3 Å². The van der Waals surface area contributed by atoms with E-state index in [-0.39, 0.29) is 11.8 Å². The van der Waals surface area contributed by atoms with E-state index >= 15 is 0 Å². The molecule has 5 nitrogen and oxygen atoms in total. The fourth-order valence-corrected chi connectivity index (χ4v) is 5.02. The van der Waals surface area contributed by atoms with Crippen molar-refractivity contribution in [3.63, 3.8) is 0 Å². The number of ether oxygens (including phenoxy) is 2. The molecule has 0 N–H and O–H groups in total. The fourth-order valence-electron chi connectivity index (χ4n) is 4.07. The van der Waals surface area contributed by atoms with E-state index in [1.807, 2.05) is 58.0 Å². The van der Waals surface area contributed by atoms with E-state index in [9.17, 15) is 9.18 Å². The summed E-state index contributed by atoms with van der Waals surface area (Å²) in [5.41, 5.74) is 4.71. The molecule has 0 aliphatic rings. The Kier molecular flexibility index (Phi) is 8.57. The van der Waals surface area contributed by atoms with Crippen molar-refractivity contribution in [1.29, 1.82) is 0 Å². The van der Waals surface area contributed by atoms with Gasteiger partial charge in [-0.05, 0) is 88.6 Å². The number of aromatic nitrogens is 2. The van der Waals surface area contributed by atoms with Crippen LogP contribution in [0.15, 0.2) is 60.8 Å². The van der Waals surface area contributed by atoms with Crippen molar-refractivity contribution in [3.05, 3.63) is 88.3 Å². The molecule has 198 valence electrons. The van der Waals surface area contributed by atoms with Gasteiger partial charge in [0.15, 0.2) is 0 Å². The van der Waals surface area contributed by atoms with Gasteiger partial charge >= 0.3 is 5.97 Å². The molecule has 0 fully saturated rings. The molecular weight excluding hydrogens is 499 g/mol. The Hall–Kier alpha value is -3.58. The Morgan fingerprint density at radius 2 is 1.82 bits per heavy atom. The van der Waals surface area contributed by atoms with Crippen LogP contribution < -0.4 is 4.74 Å². The second-order valence-electron chi connectivity index (χ2n) is 10.2. The van der Waals surface area contributed by atoms with Crippen molar-refractivity contribution >= 4 is 17.3 Å². The minimum absolute atomic E-state index is 0.188. The highest BCUT2D eigenvalue weighted by molar-refractivity contribution is 7.15. The summed E-state index contributed by atoms with van der Waals surface area (Å²) in [6, 6.07) is 16.4. The van der Waals surface area contributed by atoms with Gasteiger partial charge in [0.25, 0.3) is 0 Å². The van der Waals surface area contributed by atoms with Crippen LogP contribution in [-0.4, -0.2) is 28.1 Å². The molecule has 0 saturated carbocycles. The number of esters is 1. The van der Waals surface area contributed by atoms with Crippen LogP contribution in [0.25, 0.3) is 21.8 Å². The van der Waals surface area contributed by atoms with Crippen LogP contribution in [-0.2, 0) is 22.4 Å². The van der Waals surface area contributed by atoms with Gasteiger partial charge in [0, 0.05) is 35.0 Å². The highest BCUT2D eigenvalue weighted by Gasteiger charge is 2.16.